The third-order valence-electron chi connectivity index (χ3n) is 1.66. The number of aromatic nitrogens is 1. The first kappa shape index (κ1) is 8.94. The summed E-state index contributed by atoms with van der Waals surface area (Å²) in [7, 11) is 0. The topological polar surface area (TPSA) is 38.9 Å². The molecule has 0 aromatic carbocycles. The summed E-state index contributed by atoms with van der Waals surface area (Å²) in [4.78, 5) is 4.34. The van der Waals surface area contributed by atoms with Crippen molar-refractivity contribution in [3.05, 3.63) is 41.7 Å². The molecule has 0 amide bonds. The summed E-state index contributed by atoms with van der Waals surface area (Å²) in [6.45, 7) is 6.22. The Hall–Kier alpha value is -1.15. The lowest BCUT2D eigenvalue weighted by Crippen LogP contribution is -2.00. The fraction of sp³-hybridized carbons (Fsp3) is 0.300. The van der Waals surface area contributed by atoms with E-state index in [1.54, 1.807) is 0 Å². The van der Waals surface area contributed by atoms with Crippen molar-refractivity contribution < 1.29 is 0 Å². The fourth-order valence-electron chi connectivity index (χ4n) is 1.19. The van der Waals surface area contributed by atoms with Crippen LogP contribution in [0.1, 0.15) is 17.0 Å². The van der Waals surface area contributed by atoms with Crippen LogP contribution in [-0.4, -0.2) is 4.98 Å². The Morgan fingerprint density at radius 2 is 2.33 bits per heavy atom. The number of hydrogen-bond donors (Lipinski definition) is 1. The summed E-state index contributed by atoms with van der Waals surface area (Å²) in [5.74, 6) is 0. The molecule has 1 rings (SSSR count). The van der Waals surface area contributed by atoms with E-state index in [0.29, 0.717) is 6.54 Å². The molecule has 12 heavy (non-hydrogen) atoms. The molecule has 2 nitrogen and oxygen atoms in total. The van der Waals surface area contributed by atoms with Gasteiger partial charge in [-0.1, -0.05) is 6.08 Å². The van der Waals surface area contributed by atoms with Crippen LogP contribution in [0.5, 0.6) is 0 Å². The Labute approximate surface area is 73.1 Å². The molecule has 0 atom stereocenters. The second kappa shape index (κ2) is 4.02. The molecule has 0 aliphatic rings. The second-order valence-electron chi connectivity index (χ2n) is 2.81. The quantitative estimate of drug-likeness (QED) is 0.685. The summed E-state index contributed by atoms with van der Waals surface area (Å²) in [5.41, 5.74) is 8.74. The molecule has 64 valence electrons. The van der Waals surface area contributed by atoms with Crippen molar-refractivity contribution in [1.29, 1.82) is 0 Å². The van der Waals surface area contributed by atoms with Crippen LogP contribution in [0.4, 0.5) is 0 Å². The van der Waals surface area contributed by atoms with E-state index in [4.69, 9.17) is 5.73 Å². The Morgan fingerprint density at radius 1 is 1.58 bits per heavy atom. The number of nitrogens with two attached hydrogens (primary N) is 1. The minimum Gasteiger partial charge on any atom is -0.326 e. The lowest BCUT2D eigenvalue weighted by molar-refractivity contribution is 0.996. The molecule has 0 saturated carbocycles. The van der Waals surface area contributed by atoms with Gasteiger partial charge < -0.3 is 5.73 Å². The first-order valence-electron chi connectivity index (χ1n) is 4.03. The van der Waals surface area contributed by atoms with Gasteiger partial charge in [-0.15, -0.1) is 6.58 Å². The molecule has 1 aromatic heterocycles. The molecule has 0 unspecified atom stereocenters. The van der Waals surface area contributed by atoms with E-state index in [2.05, 4.69) is 11.6 Å². The van der Waals surface area contributed by atoms with Crippen molar-refractivity contribution in [2.24, 2.45) is 5.73 Å². The zero-order chi connectivity index (χ0) is 8.97. The highest BCUT2D eigenvalue weighted by atomic mass is 14.7. The molecule has 0 fully saturated rings. The van der Waals surface area contributed by atoms with Crippen molar-refractivity contribution >= 4 is 0 Å². The molecular formula is C10H14N2. The maximum absolute atomic E-state index is 5.53. The summed E-state index contributed by atoms with van der Waals surface area (Å²) >= 11 is 0. The average molecular weight is 162 g/mol. The van der Waals surface area contributed by atoms with Gasteiger partial charge in [-0.3, -0.25) is 4.98 Å². The molecule has 2 heteroatoms. The van der Waals surface area contributed by atoms with Gasteiger partial charge >= 0.3 is 0 Å². The summed E-state index contributed by atoms with van der Waals surface area (Å²) in [6, 6.07) is 4.03. The van der Waals surface area contributed by atoms with Crippen molar-refractivity contribution in [2.75, 3.05) is 0 Å². The van der Waals surface area contributed by atoms with Crippen LogP contribution in [0, 0.1) is 6.92 Å². The molecular weight excluding hydrogens is 148 g/mol. The number of aryl methyl sites for hydroxylation is 1. The lowest BCUT2D eigenvalue weighted by atomic mass is 10.1. The lowest BCUT2D eigenvalue weighted by Gasteiger charge is -2.02. The van der Waals surface area contributed by atoms with Crippen molar-refractivity contribution in [3.63, 3.8) is 0 Å². The molecule has 0 aliphatic carbocycles. The van der Waals surface area contributed by atoms with Gasteiger partial charge in [0.05, 0.1) is 0 Å². The molecule has 1 aromatic rings. The number of nitrogens with zero attached hydrogens (tertiary/aromatic N) is 1. The molecule has 0 aliphatic heterocycles. The van der Waals surface area contributed by atoms with Crippen LogP contribution in [0.25, 0.3) is 0 Å². The van der Waals surface area contributed by atoms with E-state index in [9.17, 15) is 0 Å². The maximum Gasteiger partial charge on any atom is 0.0447 e. The monoisotopic (exact) mass is 162 g/mol. The second-order valence-corrected chi connectivity index (χ2v) is 2.81. The van der Waals surface area contributed by atoms with Gasteiger partial charge in [0.2, 0.25) is 0 Å². The summed E-state index contributed by atoms with van der Waals surface area (Å²) < 4.78 is 0. The van der Waals surface area contributed by atoms with Gasteiger partial charge in [0.1, 0.15) is 0 Å². The van der Waals surface area contributed by atoms with E-state index in [-0.39, 0.29) is 0 Å². The molecule has 2 N–H and O–H groups in total. The Bertz CT molecular complexity index is 279. The van der Waals surface area contributed by atoms with Gasteiger partial charge in [-0.05, 0) is 24.6 Å². The average Bonchev–Trinajstić information content (AvgIpc) is 2.04. The van der Waals surface area contributed by atoms with Crippen LogP contribution >= 0.6 is 0 Å². The van der Waals surface area contributed by atoms with Crippen molar-refractivity contribution in [1.82, 2.24) is 4.98 Å². The largest absolute Gasteiger partial charge is 0.326 e. The number of hydrogen-bond acceptors (Lipinski definition) is 2. The zero-order valence-corrected chi connectivity index (χ0v) is 7.38. The van der Waals surface area contributed by atoms with Gasteiger partial charge in [0.25, 0.3) is 0 Å². The van der Waals surface area contributed by atoms with E-state index >= 15 is 0 Å². The van der Waals surface area contributed by atoms with E-state index in [0.717, 1.165) is 23.4 Å². The molecule has 0 saturated heterocycles. The van der Waals surface area contributed by atoms with Crippen LogP contribution in [0.15, 0.2) is 24.8 Å². The molecule has 0 bridgehead atoms. The zero-order valence-electron chi connectivity index (χ0n) is 7.38. The predicted molar refractivity (Wildman–Crippen MR) is 50.8 cm³/mol. The first-order valence-corrected chi connectivity index (χ1v) is 4.03. The molecule has 0 radical (unpaired) electrons. The van der Waals surface area contributed by atoms with Crippen molar-refractivity contribution in [3.8, 4) is 0 Å². The van der Waals surface area contributed by atoms with E-state index in [1.807, 2.05) is 25.1 Å². The van der Waals surface area contributed by atoms with Gasteiger partial charge in [0, 0.05) is 24.4 Å². The number of rotatable bonds is 3. The predicted octanol–water partition coefficient (Wildman–Crippen LogP) is 1.58. The highest BCUT2D eigenvalue weighted by Crippen LogP contribution is 2.05. The third-order valence-corrected chi connectivity index (χ3v) is 1.66. The maximum atomic E-state index is 5.53. The minimum atomic E-state index is 0.577. The molecule has 1 heterocycles. The normalized spacial score (nSPS) is 9.83. The Balaban J connectivity index is 2.97. The highest BCUT2D eigenvalue weighted by Gasteiger charge is 1.96. The van der Waals surface area contributed by atoms with Gasteiger partial charge in [-0.25, -0.2) is 0 Å². The Kier molecular flexibility index (Phi) is 3.00. The highest BCUT2D eigenvalue weighted by molar-refractivity contribution is 5.21. The van der Waals surface area contributed by atoms with Crippen LogP contribution in [-0.2, 0) is 13.0 Å². The van der Waals surface area contributed by atoms with Crippen LogP contribution in [0.3, 0.4) is 0 Å². The van der Waals surface area contributed by atoms with Crippen LogP contribution in [0.2, 0.25) is 0 Å². The number of pyridine rings is 1. The smallest absolute Gasteiger partial charge is 0.0447 e. The van der Waals surface area contributed by atoms with Gasteiger partial charge in [-0.2, -0.15) is 0 Å². The summed E-state index contributed by atoms with van der Waals surface area (Å²) in [5, 5.41) is 0. The fourth-order valence-corrected chi connectivity index (χ4v) is 1.19. The van der Waals surface area contributed by atoms with E-state index in [1.165, 1.54) is 0 Å². The van der Waals surface area contributed by atoms with Crippen molar-refractivity contribution in [2.45, 2.75) is 19.9 Å². The molecule has 0 spiro atoms. The SMILES string of the molecule is C=CCc1cc(CN)cc(C)n1. The van der Waals surface area contributed by atoms with Crippen LogP contribution < -0.4 is 5.73 Å². The Morgan fingerprint density at radius 3 is 2.92 bits per heavy atom. The summed E-state index contributed by atoms with van der Waals surface area (Å²) in [6.07, 6.45) is 2.66. The minimum absolute atomic E-state index is 0.577. The third kappa shape index (κ3) is 2.17. The standard InChI is InChI=1S/C10H14N2/c1-3-4-10-6-9(7-11)5-8(2)12-10/h3,5-6H,1,4,7,11H2,2H3. The van der Waals surface area contributed by atoms with Gasteiger partial charge in [0.15, 0.2) is 0 Å². The first-order chi connectivity index (χ1) is 5.76. The van der Waals surface area contributed by atoms with E-state index < -0.39 is 0 Å². The number of allylic oxidation sites excluding steroid dienone is 1.